The molecule has 1 aliphatic heterocycles. The normalized spacial score (nSPS) is 16.4. The Morgan fingerprint density at radius 1 is 0.967 bits per heavy atom. The quantitative estimate of drug-likeness (QED) is 0.573. The third-order valence-corrected chi connectivity index (χ3v) is 6.97. The lowest BCUT2D eigenvalue weighted by Crippen LogP contribution is -2.39. The molecule has 1 aliphatic rings. The predicted octanol–water partition coefficient (Wildman–Crippen LogP) is 5.13. The van der Waals surface area contributed by atoms with Crippen molar-refractivity contribution in [1.82, 2.24) is 0 Å². The van der Waals surface area contributed by atoms with Crippen molar-refractivity contribution < 1.29 is 13.2 Å². The summed E-state index contributed by atoms with van der Waals surface area (Å²) in [5.74, 6) is -0.529. The van der Waals surface area contributed by atoms with E-state index in [2.05, 4.69) is 5.32 Å². The number of hydrogen-bond donors (Lipinski definition) is 1. The topological polar surface area (TPSA) is 66.5 Å². The SMILES string of the molecule is Cc1ccccc1NC=C1C(=O)c2ccccc2N(Cc2ccc(Cl)cc2)S1(=O)=O. The minimum Gasteiger partial charge on any atom is -0.360 e. The number of allylic oxidation sites excluding steroid dienone is 1. The van der Waals surface area contributed by atoms with Crippen LogP contribution in [0.15, 0.2) is 83.9 Å². The lowest BCUT2D eigenvalue weighted by molar-refractivity contribution is 0.104. The first-order valence-corrected chi connectivity index (χ1v) is 11.1. The minimum absolute atomic E-state index is 0.0888. The van der Waals surface area contributed by atoms with Crippen molar-refractivity contribution in [1.29, 1.82) is 0 Å². The van der Waals surface area contributed by atoms with Gasteiger partial charge in [0.2, 0.25) is 5.78 Å². The Labute approximate surface area is 180 Å². The van der Waals surface area contributed by atoms with Crippen LogP contribution in [0.2, 0.25) is 5.02 Å². The number of aryl methyl sites for hydroxylation is 1. The van der Waals surface area contributed by atoms with E-state index < -0.39 is 15.8 Å². The van der Waals surface area contributed by atoms with Crippen molar-refractivity contribution in [3.05, 3.63) is 106 Å². The minimum atomic E-state index is -4.07. The average molecular weight is 439 g/mol. The number of fused-ring (bicyclic) bond motifs is 1. The van der Waals surface area contributed by atoms with E-state index in [1.807, 2.05) is 31.2 Å². The maximum Gasteiger partial charge on any atom is 0.270 e. The molecule has 30 heavy (non-hydrogen) atoms. The molecule has 1 heterocycles. The molecule has 0 atom stereocenters. The molecule has 4 rings (SSSR count). The van der Waals surface area contributed by atoms with E-state index in [4.69, 9.17) is 11.6 Å². The van der Waals surface area contributed by atoms with Gasteiger partial charge in [0.1, 0.15) is 0 Å². The first-order chi connectivity index (χ1) is 14.4. The number of hydrogen-bond acceptors (Lipinski definition) is 4. The summed E-state index contributed by atoms with van der Waals surface area (Å²) in [5.41, 5.74) is 3.15. The monoisotopic (exact) mass is 438 g/mol. The van der Waals surface area contributed by atoms with Crippen LogP contribution in [0, 0.1) is 6.92 Å². The number of anilines is 2. The fourth-order valence-electron chi connectivity index (χ4n) is 3.33. The summed E-state index contributed by atoms with van der Waals surface area (Å²) in [7, 11) is -4.07. The zero-order chi connectivity index (χ0) is 21.3. The number of Topliss-reactive ketones (excluding diaryl/α,β-unsaturated/α-hetero) is 1. The van der Waals surface area contributed by atoms with Gasteiger partial charge in [-0.2, -0.15) is 0 Å². The molecule has 0 radical (unpaired) electrons. The molecule has 0 spiro atoms. The van der Waals surface area contributed by atoms with Crippen molar-refractivity contribution in [2.24, 2.45) is 0 Å². The molecular formula is C23H19ClN2O3S. The lowest BCUT2D eigenvalue weighted by Gasteiger charge is -2.31. The Bertz CT molecular complexity index is 1250. The van der Waals surface area contributed by atoms with Crippen LogP contribution in [-0.2, 0) is 16.6 Å². The van der Waals surface area contributed by atoms with E-state index in [1.54, 1.807) is 48.5 Å². The molecule has 3 aromatic carbocycles. The van der Waals surface area contributed by atoms with Gasteiger partial charge in [0.15, 0.2) is 4.91 Å². The molecule has 5 nitrogen and oxygen atoms in total. The van der Waals surface area contributed by atoms with Gasteiger partial charge >= 0.3 is 0 Å². The Hall–Kier alpha value is -3.09. The molecular weight excluding hydrogens is 420 g/mol. The van der Waals surface area contributed by atoms with Gasteiger partial charge in [-0.25, -0.2) is 8.42 Å². The Balaban J connectivity index is 1.79. The van der Waals surface area contributed by atoms with Crippen LogP contribution in [0.4, 0.5) is 11.4 Å². The third kappa shape index (κ3) is 3.72. The number of benzene rings is 3. The van der Waals surface area contributed by atoms with Gasteiger partial charge in [-0.1, -0.05) is 54.1 Å². The number of rotatable bonds is 4. The van der Waals surface area contributed by atoms with Crippen LogP contribution < -0.4 is 9.62 Å². The van der Waals surface area contributed by atoms with E-state index in [1.165, 1.54) is 10.5 Å². The summed E-state index contributed by atoms with van der Waals surface area (Å²) in [6.07, 6.45) is 1.28. The maximum atomic E-state index is 13.4. The molecule has 3 aromatic rings. The average Bonchev–Trinajstić information content (AvgIpc) is 2.73. The highest BCUT2D eigenvalue weighted by Gasteiger charge is 2.40. The van der Waals surface area contributed by atoms with Crippen LogP contribution in [0.3, 0.4) is 0 Å². The highest BCUT2D eigenvalue weighted by Crippen LogP contribution is 2.36. The van der Waals surface area contributed by atoms with Crippen molar-refractivity contribution in [2.45, 2.75) is 13.5 Å². The number of carbonyl (C=O) groups excluding carboxylic acids is 1. The molecule has 0 bridgehead atoms. The van der Waals surface area contributed by atoms with Crippen LogP contribution in [-0.4, -0.2) is 14.2 Å². The highest BCUT2D eigenvalue weighted by molar-refractivity contribution is 7.97. The van der Waals surface area contributed by atoms with E-state index in [0.29, 0.717) is 16.3 Å². The van der Waals surface area contributed by atoms with Gasteiger partial charge in [0.25, 0.3) is 10.0 Å². The van der Waals surface area contributed by atoms with Gasteiger partial charge in [0.05, 0.1) is 12.2 Å². The zero-order valence-electron chi connectivity index (χ0n) is 16.2. The number of halogens is 1. The van der Waals surface area contributed by atoms with E-state index in [-0.39, 0.29) is 11.4 Å². The molecule has 0 amide bonds. The number of sulfonamides is 1. The second-order valence-electron chi connectivity index (χ2n) is 6.95. The van der Waals surface area contributed by atoms with Gasteiger partial charge < -0.3 is 5.32 Å². The Morgan fingerprint density at radius 2 is 1.63 bits per heavy atom. The van der Waals surface area contributed by atoms with Crippen molar-refractivity contribution in [3.63, 3.8) is 0 Å². The molecule has 0 unspecified atom stereocenters. The van der Waals surface area contributed by atoms with Crippen molar-refractivity contribution in [3.8, 4) is 0 Å². The predicted molar refractivity (Wildman–Crippen MR) is 120 cm³/mol. The molecule has 1 N–H and O–H groups in total. The molecule has 152 valence electrons. The van der Waals surface area contributed by atoms with Crippen LogP contribution in [0.25, 0.3) is 0 Å². The van der Waals surface area contributed by atoms with E-state index in [0.717, 1.165) is 16.8 Å². The maximum absolute atomic E-state index is 13.4. The first kappa shape index (κ1) is 20.2. The second kappa shape index (κ2) is 7.97. The zero-order valence-corrected chi connectivity index (χ0v) is 17.7. The third-order valence-electron chi connectivity index (χ3n) is 4.95. The van der Waals surface area contributed by atoms with Gasteiger partial charge in [-0.05, 0) is 48.4 Å². The van der Waals surface area contributed by atoms with Gasteiger partial charge in [0, 0.05) is 22.5 Å². The fraction of sp³-hybridized carbons (Fsp3) is 0.0870. The Morgan fingerprint density at radius 3 is 2.37 bits per heavy atom. The number of para-hydroxylation sites is 2. The fourth-order valence-corrected chi connectivity index (χ4v) is 4.98. The van der Waals surface area contributed by atoms with Crippen molar-refractivity contribution in [2.75, 3.05) is 9.62 Å². The Kier molecular flexibility index (Phi) is 5.37. The smallest absolute Gasteiger partial charge is 0.270 e. The largest absolute Gasteiger partial charge is 0.360 e. The molecule has 0 aliphatic carbocycles. The first-order valence-electron chi connectivity index (χ1n) is 9.31. The van der Waals surface area contributed by atoms with Crippen molar-refractivity contribution >= 4 is 38.8 Å². The summed E-state index contributed by atoms with van der Waals surface area (Å²) in [5, 5.41) is 3.55. The molecule has 0 aromatic heterocycles. The number of ketones is 1. The molecule has 0 fully saturated rings. The highest BCUT2D eigenvalue weighted by atomic mass is 35.5. The summed E-state index contributed by atoms with van der Waals surface area (Å²) < 4.78 is 28.1. The summed E-state index contributed by atoms with van der Waals surface area (Å²) in [4.78, 5) is 12.8. The van der Waals surface area contributed by atoms with Crippen LogP contribution in [0.1, 0.15) is 21.5 Å². The molecule has 7 heteroatoms. The molecule has 0 saturated carbocycles. The van der Waals surface area contributed by atoms with E-state index in [9.17, 15) is 13.2 Å². The molecule has 0 saturated heterocycles. The van der Waals surface area contributed by atoms with E-state index >= 15 is 0 Å². The van der Waals surface area contributed by atoms with Crippen LogP contribution >= 0.6 is 11.6 Å². The second-order valence-corrected chi connectivity index (χ2v) is 9.22. The van der Waals surface area contributed by atoms with Gasteiger partial charge in [-0.15, -0.1) is 0 Å². The van der Waals surface area contributed by atoms with Crippen LogP contribution in [0.5, 0.6) is 0 Å². The summed E-state index contributed by atoms with van der Waals surface area (Å²) in [6.45, 7) is 1.99. The standard InChI is InChI=1S/C23H19ClN2O3S/c1-16-6-2-4-8-20(16)25-14-22-23(27)19-7-3-5-9-21(19)26(30(22,28)29)15-17-10-12-18(24)13-11-17/h2-14,25H,15H2,1H3. The summed E-state index contributed by atoms with van der Waals surface area (Å²) in [6, 6.07) is 21.1. The van der Waals surface area contributed by atoms with Gasteiger partial charge in [-0.3, -0.25) is 9.10 Å². The number of nitrogens with one attached hydrogen (secondary N) is 1. The summed E-state index contributed by atoms with van der Waals surface area (Å²) >= 11 is 5.95. The number of nitrogens with zero attached hydrogens (tertiary/aromatic N) is 1. The number of carbonyl (C=O) groups is 1. The lowest BCUT2D eigenvalue weighted by atomic mass is 10.1.